The number of aromatic nitrogens is 9. The van der Waals surface area contributed by atoms with Gasteiger partial charge in [-0.05, 0) is 295 Å². The first-order chi connectivity index (χ1) is 72.0. The van der Waals surface area contributed by atoms with Gasteiger partial charge >= 0.3 is 0 Å². The molecule has 0 spiro atoms. The number of aliphatic hydroxyl groups is 5. The zero-order valence-electron chi connectivity index (χ0n) is 85.9. The minimum Gasteiger partial charge on any atom is -0.390 e. The van der Waals surface area contributed by atoms with E-state index in [1.807, 2.05) is 165 Å². The monoisotopic (exact) mass is 2020 g/mol. The van der Waals surface area contributed by atoms with E-state index in [1.54, 1.807) is 65.0 Å². The normalized spacial score (nSPS) is 16.8. The Bertz CT molecular complexity index is 7360. The Morgan fingerprint density at radius 2 is 0.680 bits per heavy atom. The highest BCUT2D eigenvalue weighted by molar-refractivity contribution is 6.00. The number of rotatable bonds is 27. The fraction of sp³-hybridized carbons (Fsp3) is 0.415. The van der Waals surface area contributed by atoms with Gasteiger partial charge in [-0.2, -0.15) is 15.8 Å². The van der Waals surface area contributed by atoms with E-state index in [-0.39, 0.29) is 84.8 Å². The maximum atomic E-state index is 12.9. The number of hydrogen-bond acceptors (Lipinski definition) is 17. The second-order valence-corrected chi connectivity index (χ2v) is 43.1. The first-order valence-corrected chi connectivity index (χ1v) is 52.3. The lowest BCUT2D eigenvalue weighted by Gasteiger charge is -2.42. The van der Waals surface area contributed by atoms with Gasteiger partial charge in [-0.15, -0.1) is 0 Å². The molecule has 0 aliphatic heterocycles. The van der Waals surface area contributed by atoms with E-state index in [1.165, 1.54) is 25.7 Å². The molecule has 14 aromatic rings. The molecular formula is C118H129N21O11. The number of fused-ring (bicyclic) bond motifs is 6. The summed E-state index contributed by atoms with van der Waals surface area (Å²) < 4.78 is 12.6. The van der Waals surface area contributed by atoms with Crippen LogP contribution in [0, 0.1) is 71.0 Å². The van der Waals surface area contributed by atoms with Crippen LogP contribution in [0.15, 0.2) is 188 Å². The standard InChI is InChI=1S/2C22H21N3O2.C21H25N3O.C19H22N4O2.2C17H20N4O2/c2*23-14-15-9-10-17-12-21(25(19(17)11-15)18-7-4-8-18)24-22(27)13-20(26)16-5-2-1-3-6-16;1-14(21(2)10-5-11-21)20(25)23-19-12-15-8-9-16(22-3)13-18(15)24(19)17-6-4-7-17;1-19(25,13-6-7-13)10-17(24)22-18-21-15-8-5-12(11-20)9-16(15)23(18)14-3-2-4-14;2*1-17(2,23)10-15(22)20-16-19-13-8-7-11(18-3)9-14(13)21(16)12-5-4-6-12/h2*1-3,5-6,9-12,18,20,26H,4,7-8,13H2,(H,24,27);8-9,12-14,17H,4-7,10-11H2,1-2H3,(H,23,25);5,8-9,13-14,25H,2-4,6-7,10H2,1H3,(H,21,22,24);2*7-9,12,23H,4-6,10H2,1-2H3,(H,19,20,22)/t2*20-;14-;;;/m101.../s1. The van der Waals surface area contributed by atoms with Crippen LogP contribution < -0.4 is 31.9 Å². The van der Waals surface area contributed by atoms with Gasteiger partial charge in [-0.1, -0.05) is 117 Å². The molecule has 8 aliphatic rings. The second kappa shape index (κ2) is 45.6. The van der Waals surface area contributed by atoms with Crippen molar-refractivity contribution in [2.75, 3.05) is 31.9 Å². The number of nitriles is 3. The summed E-state index contributed by atoms with van der Waals surface area (Å²) in [6.45, 7) is 34.0. The summed E-state index contributed by atoms with van der Waals surface area (Å²) in [5.41, 5.74) is 10.1. The number of benzene rings is 8. The van der Waals surface area contributed by atoms with Crippen LogP contribution in [0.1, 0.15) is 305 Å². The molecule has 6 aromatic heterocycles. The van der Waals surface area contributed by atoms with Crippen LogP contribution >= 0.6 is 0 Å². The van der Waals surface area contributed by atoms with Crippen molar-refractivity contribution >= 4 is 154 Å². The highest BCUT2D eigenvalue weighted by atomic mass is 16.3. The van der Waals surface area contributed by atoms with Gasteiger partial charge in [0.15, 0.2) is 17.1 Å². The lowest BCUT2D eigenvalue weighted by atomic mass is 9.63. The molecule has 0 radical (unpaired) electrons. The van der Waals surface area contributed by atoms with Gasteiger partial charge in [0.2, 0.25) is 53.3 Å². The van der Waals surface area contributed by atoms with Crippen molar-refractivity contribution < 1.29 is 54.3 Å². The van der Waals surface area contributed by atoms with Crippen molar-refractivity contribution in [3.63, 3.8) is 0 Å². The topological polar surface area (TPSA) is 428 Å². The van der Waals surface area contributed by atoms with E-state index in [9.17, 15) is 64.8 Å². The fourth-order valence-corrected chi connectivity index (χ4v) is 20.5. The summed E-state index contributed by atoms with van der Waals surface area (Å²) in [7, 11) is 0. The molecule has 150 heavy (non-hydrogen) atoms. The Labute approximate surface area is 872 Å². The average molecular weight is 2020 g/mol. The fourth-order valence-electron chi connectivity index (χ4n) is 20.5. The molecule has 0 bridgehead atoms. The third-order valence-corrected chi connectivity index (χ3v) is 30.7. The number of nitrogens with zero attached hydrogens (tertiary/aromatic N) is 15. The van der Waals surface area contributed by atoms with Crippen LogP contribution in [0.25, 0.3) is 80.3 Å². The number of imidazole rings is 3. The number of hydrogen-bond donors (Lipinski definition) is 11. The van der Waals surface area contributed by atoms with Crippen LogP contribution in [0.2, 0.25) is 0 Å². The minimum absolute atomic E-state index is 0.000346. The summed E-state index contributed by atoms with van der Waals surface area (Å²) in [6.07, 6.45) is 23.8. The Kier molecular flexibility index (Phi) is 32.1. The van der Waals surface area contributed by atoms with Crippen molar-refractivity contribution in [2.24, 2.45) is 17.3 Å². The van der Waals surface area contributed by atoms with E-state index >= 15 is 0 Å². The first-order valence-electron chi connectivity index (χ1n) is 52.3. The molecule has 1 unspecified atom stereocenters. The molecule has 32 heteroatoms. The first kappa shape index (κ1) is 106. The Morgan fingerprint density at radius 3 is 1.00 bits per heavy atom. The molecule has 4 atom stereocenters. The van der Waals surface area contributed by atoms with Gasteiger partial charge in [0.1, 0.15) is 17.5 Å². The number of carbonyl (C=O) groups excluding carboxylic acids is 6. The molecule has 0 saturated heterocycles. The number of carbonyl (C=O) groups is 6. The highest BCUT2D eigenvalue weighted by Crippen LogP contribution is 2.50. The van der Waals surface area contributed by atoms with Crippen LogP contribution in [-0.4, -0.2) is 120 Å². The molecule has 22 rings (SSSR count). The Balaban J connectivity index is 0.000000123. The lowest BCUT2D eigenvalue weighted by molar-refractivity contribution is -0.125. The number of amides is 6. The van der Waals surface area contributed by atoms with Crippen molar-refractivity contribution in [3.05, 3.63) is 250 Å². The SMILES string of the molecule is CC(O)(CC(=O)Nc1nc2ccc(C#N)cc2n1C1CCC1)C1CC1.N#Cc1ccc2cc(NC(=O)C[C@@H](O)c3ccccc3)n(C3CCC3)c2c1.N#Cc1ccc2cc(NC(=O)C[C@H](O)c3ccccc3)n(C3CCC3)c2c1.[C-]#[N+]c1ccc2cc(NC(=O)[C@@H](C)C3(C)CCC3)n(C3CCC3)c2c1.[C-]#[N+]c1ccc2nc(NC(=O)CC(C)(C)O)n(C3CCC3)c2c1.[C-]#[N+]c1ccc2nc(NC(=O)CC(C)(C)O)n(C3CCC3)c2c1. The molecule has 8 saturated carbocycles. The van der Waals surface area contributed by atoms with Crippen molar-refractivity contribution in [1.82, 2.24) is 42.4 Å². The smallest absolute Gasteiger partial charge is 0.229 e. The Hall–Kier alpha value is -15.7. The second-order valence-electron chi connectivity index (χ2n) is 43.1. The summed E-state index contributed by atoms with van der Waals surface area (Å²) in [5, 5.41) is 98.9. The molecule has 8 aliphatic carbocycles. The van der Waals surface area contributed by atoms with E-state index in [2.05, 4.69) is 113 Å². The predicted octanol–water partition coefficient (Wildman–Crippen LogP) is 24.2. The van der Waals surface area contributed by atoms with Crippen LogP contribution in [-0.2, 0) is 28.8 Å². The third kappa shape index (κ3) is 24.7. The summed E-state index contributed by atoms with van der Waals surface area (Å²) in [6, 6.07) is 66.0. The van der Waals surface area contributed by atoms with E-state index in [4.69, 9.17) is 25.0 Å². The predicted molar refractivity (Wildman–Crippen MR) is 580 cm³/mol. The molecular weight excluding hydrogens is 1890 g/mol. The largest absolute Gasteiger partial charge is 0.390 e. The number of nitrogens with one attached hydrogen (secondary N) is 6. The average Bonchev–Trinajstić information content (AvgIpc) is 1.63. The molecule has 772 valence electrons. The molecule has 6 amide bonds. The molecule has 8 aromatic carbocycles. The van der Waals surface area contributed by atoms with Gasteiger partial charge in [0.05, 0.1) is 160 Å². The van der Waals surface area contributed by atoms with E-state index in [0.29, 0.717) is 87.8 Å². The summed E-state index contributed by atoms with van der Waals surface area (Å²) in [5.74, 6) is 3.04. The van der Waals surface area contributed by atoms with Crippen LogP contribution in [0.3, 0.4) is 0 Å². The zero-order chi connectivity index (χ0) is 106. The van der Waals surface area contributed by atoms with Gasteiger partial charge < -0.3 is 68.9 Å². The van der Waals surface area contributed by atoms with Gasteiger partial charge in [0.25, 0.3) is 0 Å². The molecule has 8 fully saturated rings. The van der Waals surface area contributed by atoms with Gasteiger partial charge in [-0.25, -0.2) is 29.5 Å². The van der Waals surface area contributed by atoms with Crippen molar-refractivity contribution in [1.29, 1.82) is 15.8 Å². The minimum atomic E-state index is -1.06. The van der Waals surface area contributed by atoms with Crippen LogP contribution in [0.5, 0.6) is 0 Å². The zero-order valence-corrected chi connectivity index (χ0v) is 85.9. The van der Waals surface area contributed by atoms with Crippen molar-refractivity contribution in [2.45, 2.75) is 294 Å². The lowest BCUT2D eigenvalue weighted by Crippen LogP contribution is -2.40. The van der Waals surface area contributed by atoms with E-state index < -0.39 is 29.0 Å². The summed E-state index contributed by atoms with van der Waals surface area (Å²) in [4.78, 5) is 98.8. The maximum absolute atomic E-state index is 12.9. The molecule has 11 N–H and O–H groups in total. The van der Waals surface area contributed by atoms with E-state index in [0.717, 1.165) is 216 Å². The quantitative estimate of drug-likeness (QED) is 0.0213. The van der Waals surface area contributed by atoms with Gasteiger partial charge in [0, 0.05) is 58.5 Å². The molecule has 6 heterocycles. The van der Waals surface area contributed by atoms with Crippen LogP contribution in [0.4, 0.5) is 52.4 Å². The summed E-state index contributed by atoms with van der Waals surface area (Å²) >= 11 is 0. The number of anilines is 6. The molecule has 32 nitrogen and oxygen atoms in total. The van der Waals surface area contributed by atoms with Gasteiger partial charge in [-0.3, -0.25) is 44.7 Å². The number of aliphatic hydroxyl groups excluding tert-OH is 2. The third-order valence-electron chi connectivity index (χ3n) is 30.7. The Morgan fingerprint density at radius 1 is 0.380 bits per heavy atom. The maximum Gasteiger partial charge on any atom is 0.229 e. The highest BCUT2D eigenvalue weighted by Gasteiger charge is 2.44. The van der Waals surface area contributed by atoms with Crippen molar-refractivity contribution in [3.8, 4) is 18.2 Å².